The minimum Gasteiger partial charge on any atom is -0.374 e. The summed E-state index contributed by atoms with van der Waals surface area (Å²) in [5.41, 5.74) is -0.630. The van der Waals surface area contributed by atoms with Crippen molar-refractivity contribution in [2.75, 3.05) is 18.5 Å². The smallest absolute Gasteiger partial charge is 0.256 e. The third-order valence-electron chi connectivity index (χ3n) is 2.82. The average molecular weight is 338 g/mol. The van der Waals surface area contributed by atoms with Crippen molar-refractivity contribution >= 4 is 23.3 Å². The molecule has 0 bridgehead atoms. The van der Waals surface area contributed by atoms with E-state index in [0.29, 0.717) is 29.6 Å². The Labute approximate surface area is 143 Å². The number of ether oxygens (including phenoxy) is 1. The highest BCUT2D eigenvalue weighted by atomic mass is 35.5. The Bertz CT molecular complexity index is 601. The van der Waals surface area contributed by atoms with Crippen molar-refractivity contribution in [2.24, 2.45) is 0 Å². The zero-order chi connectivity index (χ0) is 17.7. The van der Waals surface area contributed by atoms with Crippen molar-refractivity contribution in [1.82, 2.24) is 10.3 Å². The summed E-state index contributed by atoms with van der Waals surface area (Å²) < 4.78 is 5.63. The van der Waals surface area contributed by atoms with Crippen LogP contribution in [-0.2, 0) is 4.74 Å². The maximum absolute atomic E-state index is 12.4. The molecule has 0 aliphatic rings. The van der Waals surface area contributed by atoms with E-state index in [9.17, 15) is 4.79 Å². The molecule has 1 aromatic heterocycles. The van der Waals surface area contributed by atoms with Gasteiger partial charge in [0.05, 0.1) is 28.3 Å². The van der Waals surface area contributed by atoms with E-state index in [-0.39, 0.29) is 11.5 Å². The summed E-state index contributed by atoms with van der Waals surface area (Å²) in [6.45, 7) is 10.4. The number of hydrogen-bond acceptors (Lipinski definition) is 4. The van der Waals surface area contributed by atoms with E-state index < -0.39 is 5.54 Å². The van der Waals surface area contributed by atoms with Crippen LogP contribution < -0.4 is 10.6 Å². The molecular weight excluding hydrogens is 314 g/mol. The predicted molar refractivity (Wildman–Crippen MR) is 93.8 cm³/mol. The molecule has 5 nitrogen and oxygen atoms in total. The lowest BCUT2D eigenvalue weighted by atomic mass is 10.1. The van der Waals surface area contributed by atoms with Crippen LogP contribution in [0.25, 0.3) is 0 Å². The topological polar surface area (TPSA) is 63.2 Å². The molecule has 1 aromatic rings. The van der Waals surface area contributed by atoms with Crippen molar-refractivity contribution in [1.29, 1.82) is 0 Å². The van der Waals surface area contributed by atoms with Gasteiger partial charge in [-0.05, 0) is 40.7 Å². The van der Waals surface area contributed by atoms with Crippen LogP contribution in [0.2, 0.25) is 5.02 Å². The SMILES string of the molecule is C#CC(C)(C)NC(=O)c1cc(Cl)cnc1NCCOC(C)(C)C. The highest BCUT2D eigenvalue weighted by Gasteiger charge is 2.21. The summed E-state index contributed by atoms with van der Waals surface area (Å²) in [6.07, 6.45) is 6.88. The molecule has 0 saturated heterocycles. The second-order valence-electron chi connectivity index (χ2n) is 6.66. The van der Waals surface area contributed by atoms with E-state index in [1.807, 2.05) is 20.8 Å². The van der Waals surface area contributed by atoms with Crippen LogP contribution in [-0.4, -0.2) is 35.2 Å². The molecule has 0 fully saturated rings. The van der Waals surface area contributed by atoms with Gasteiger partial charge in [0, 0.05) is 12.7 Å². The van der Waals surface area contributed by atoms with E-state index >= 15 is 0 Å². The third-order valence-corrected chi connectivity index (χ3v) is 3.02. The molecule has 0 saturated carbocycles. The number of nitrogens with one attached hydrogen (secondary N) is 2. The summed E-state index contributed by atoms with van der Waals surface area (Å²) in [5.74, 6) is 2.63. The first-order valence-electron chi connectivity index (χ1n) is 7.38. The van der Waals surface area contributed by atoms with Crippen LogP contribution in [0.5, 0.6) is 0 Å². The summed E-state index contributed by atoms with van der Waals surface area (Å²) >= 11 is 5.95. The summed E-state index contributed by atoms with van der Waals surface area (Å²) in [4.78, 5) is 16.6. The highest BCUT2D eigenvalue weighted by molar-refractivity contribution is 6.31. The first kappa shape index (κ1) is 19.3. The Hall–Kier alpha value is -1.77. The van der Waals surface area contributed by atoms with E-state index in [1.165, 1.54) is 6.20 Å². The number of carbonyl (C=O) groups excluding carboxylic acids is 1. The molecular formula is C17H24ClN3O2. The van der Waals surface area contributed by atoms with Gasteiger partial charge in [0.2, 0.25) is 0 Å². The predicted octanol–water partition coefficient (Wildman–Crippen LogP) is 3.10. The minimum atomic E-state index is -0.758. The third kappa shape index (κ3) is 6.89. The largest absolute Gasteiger partial charge is 0.374 e. The molecule has 0 radical (unpaired) electrons. The number of rotatable bonds is 6. The number of hydrogen-bond donors (Lipinski definition) is 2. The monoisotopic (exact) mass is 337 g/mol. The Morgan fingerprint density at radius 1 is 1.39 bits per heavy atom. The summed E-state index contributed by atoms with van der Waals surface area (Å²) in [7, 11) is 0. The van der Waals surface area contributed by atoms with Gasteiger partial charge in [-0.3, -0.25) is 4.79 Å². The molecule has 126 valence electrons. The zero-order valence-corrected chi connectivity index (χ0v) is 15.0. The molecule has 0 atom stereocenters. The van der Waals surface area contributed by atoms with Crippen LogP contribution in [0.1, 0.15) is 45.0 Å². The second kappa shape index (κ2) is 7.67. The fourth-order valence-corrected chi connectivity index (χ4v) is 1.83. The number of anilines is 1. The highest BCUT2D eigenvalue weighted by Crippen LogP contribution is 2.18. The Kier molecular flexibility index (Phi) is 6.43. The number of amides is 1. The first-order chi connectivity index (χ1) is 10.5. The first-order valence-corrected chi connectivity index (χ1v) is 7.75. The maximum atomic E-state index is 12.4. The van der Waals surface area contributed by atoms with Crippen LogP contribution in [0, 0.1) is 12.3 Å². The lowest BCUT2D eigenvalue weighted by molar-refractivity contribution is 0.00329. The van der Waals surface area contributed by atoms with Gasteiger partial charge in [-0.15, -0.1) is 6.42 Å². The molecule has 1 heterocycles. The molecule has 0 aliphatic heterocycles. The number of terminal acetylenes is 1. The molecule has 0 aromatic carbocycles. The number of halogens is 1. The van der Waals surface area contributed by atoms with E-state index in [4.69, 9.17) is 22.8 Å². The molecule has 1 rings (SSSR count). The Balaban J connectivity index is 2.81. The van der Waals surface area contributed by atoms with Crippen molar-refractivity contribution in [2.45, 2.75) is 45.8 Å². The number of pyridine rings is 1. The Morgan fingerprint density at radius 3 is 2.61 bits per heavy atom. The van der Waals surface area contributed by atoms with Crippen molar-refractivity contribution in [3.05, 3.63) is 22.8 Å². The van der Waals surface area contributed by atoms with Crippen molar-refractivity contribution in [3.8, 4) is 12.3 Å². The quantitative estimate of drug-likeness (QED) is 0.618. The van der Waals surface area contributed by atoms with E-state index in [1.54, 1.807) is 19.9 Å². The molecule has 2 N–H and O–H groups in total. The van der Waals surface area contributed by atoms with Gasteiger partial charge in [-0.1, -0.05) is 17.5 Å². The standard InChI is InChI=1S/C17H24ClN3O2/c1-7-17(5,6)21-15(22)13-10-12(18)11-20-14(13)19-8-9-23-16(2,3)4/h1,10-11H,8-9H2,2-6H3,(H,19,20)(H,21,22). The van der Waals surface area contributed by atoms with Crippen molar-refractivity contribution < 1.29 is 9.53 Å². The Morgan fingerprint density at radius 2 is 2.04 bits per heavy atom. The van der Waals surface area contributed by atoms with Crippen molar-refractivity contribution in [3.63, 3.8) is 0 Å². The number of nitrogens with zero attached hydrogens (tertiary/aromatic N) is 1. The molecule has 6 heteroatoms. The van der Waals surface area contributed by atoms with Gasteiger partial charge < -0.3 is 15.4 Å². The number of aromatic nitrogens is 1. The number of carbonyl (C=O) groups is 1. The molecule has 0 spiro atoms. The van der Waals surface area contributed by atoms with Gasteiger partial charge in [0.25, 0.3) is 5.91 Å². The van der Waals surface area contributed by atoms with Gasteiger partial charge in [-0.25, -0.2) is 4.98 Å². The van der Waals surface area contributed by atoms with Gasteiger partial charge in [-0.2, -0.15) is 0 Å². The van der Waals surface area contributed by atoms with Gasteiger partial charge in [0.1, 0.15) is 5.82 Å². The molecule has 0 unspecified atom stereocenters. The zero-order valence-electron chi connectivity index (χ0n) is 14.3. The maximum Gasteiger partial charge on any atom is 0.256 e. The lowest BCUT2D eigenvalue weighted by Gasteiger charge is -2.21. The summed E-state index contributed by atoms with van der Waals surface area (Å²) in [6, 6.07) is 1.56. The van der Waals surface area contributed by atoms with E-state index in [2.05, 4.69) is 21.5 Å². The van der Waals surface area contributed by atoms with Gasteiger partial charge in [0.15, 0.2) is 0 Å². The molecule has 1 amide bonds. The fraction of sp³-hybridized carbons (Fsp3) is 0.529. The molecule has 0 aliphatic carbocycles. The van der Waals surface area contributed by atoms with E-state index in [0.717, 1.165) is 0 Å². The lowest BCUT2D eigenvalue weighted by Crippen LogP contribution is -2.42. The van der Waals surface area contributed by atoms with Crippen LogP contribution in [0.3, 0.4) is 0 Å². The van der Waals surface area contributed by atoms with Crippen LogP contribution in [0.4, 0.5) is 5.82 Å². The van der Waals surface area contributed by atoms with Crippen LogP contribution >= 0.6 is 11.6 Å². The summed E-state index contributed by atoms with van der Waals surface area (Å²) in [5, 5.41) is 6.23. The second-order valence-corrected chi connectivity index (χ2v) is 7.10. The fourth-order valence-electron chi connectivity index (χ4n) is 1.67. The molecule has 23 heavy (non-hydrogen) atoms. The normalized spacial score (nSPS) is 11.7. The van der Waals surface area contributed by atoms with Crippen LogP contribution in [0.15, 0.2) is 12.3 Å². The average Bonchev–Trinajstić information content (AvgIpc) is 2.43. The van der Waals surface area contributed by atoms with Gasteiger partial charge >= 0.3 is 0 Å². The minimum absolute atomic E-state index is 0.216.